The highest BCUT2D eigenvalue weighted by Gasteiger charge is 2.20. The van der Waals surface area contributed by atoms with E-state index in [1.807, 2.05) is 12.1 Å². The normalized spacial score (nSPS) is 21.2. The van der Waals surface area contributed by atoms with Gasteiger partial charge in [0.25, 0.3) is 0 Å². The maximum absolute atomic E-state index is 12.0. The summed E-state index contributed by atoms with van der Waals surface area (Å²) >= 11 is 0. The Morgan fingerprint density at radius 1 is 1.27 bits per heavy atom. The Hall–Kier alpha value is -1.82. The third-order valence-corrected chi connectivity index (χ3v) is 4.13. The van der Waals surface area contributed by atoms with Crippen molar-refractivity contribution in [3.05, 3.63) is 18.3 Å². The summed E-state index contributed by atoms with van der Waals surface area (Å²) in [5, 5.41) is 15.2. The fraction of sp³-hybridized carbons (Fsp3) is 0.625. The van der Waals surface area contributed by atoms with Crippen molar-refractivity contribution >= 4 is 17.5 Å². The highest BCUT2D eigenvalue weighted by molar-refractivity contribution is 5.89. The Balaban J connectivity index is 1.84. The van der Waals surface area contributed by atoms with Gasteiger partial charge in [-0.05, 0) is 51.7 Å². The molecule has 1 saturated carbocycles. The van der Waals surface area contributed by atoms with Crippen molar-refractivity contribution in [2.45, 2.75) is 51.7 Å². The SMILES string of the molecule is CCN(CC)c1ccc(NC(=O)NC2CCC(O)CC2)cn1. The van der Waals surface area contributed by atoms with Crippen molar-refractivity contribution < 1.29 is 9.90 Å². The Kier molecular flexibility index (Phi) is 6.00. The van der Waals surface area contributed by atoms with Crippen molar-refractivity contribution in [3.63, 3.8) is 0 Å². The van der Waals surface area contributed by atoms with Crippen LogP contribution in [0.25, 0.3) is 0 Å². The quantitative estimate of drug-likeness (QED) is 0.780. The van der Waals surface area contributed by atoms with Gasteiger partial charge >= 0.3 is 6.03 Å². The van der Waals surface area contributed by atoms with Crippen molar-refractivity contribution in [1.29, 1.82) is 0 Å². The summed E-state index contributed by atoms with van der Waals surface area (Å²) in [6.07, 6.45) is 4.63. The summed E-state index contributed by atoms with van der Waals surface area (Å²) in [7, 11) is 0. The summed E-state index contributed by atoms with van der Waals surface area (Å²) in [5.74, 6) is 0.914. The fourth-order valence-electron chi connectivity index (χ4n) is 2.77. The highest BCUT2D eigenvalue weighted by atomic mass is 16.3. The Bertz CT molecular complexity index is 466. The van der Waals surface area contributed by atoms with Gasteiger partial charge in [0.15, 0.2) is 0 Å². The first kappa shape index (κ1) is 16.5. The van der Waals surface area contributed by atoms with Crippen LogP contribution in [0.15, 0.2) is 18.3 Å². The van der Waals surface area contributed by atoms with E-state index in [9.17, 15) is 9.90 Å². The average molecular weight is 306 g/mol. The van der Waals surface area contributed by atoms with Gasteiger partial charge < -0.3 is 20.6 Å². The molecule has 0 radical (unpaired) electrons. The first-order chi connectivity index (χ1) is 10.6. The van der Waals surface area contributed by atoms with E-state index in [1.54, 1.807) is 6.20 Å². The maximum Gasteiger partial charge on any atom is 0.319 e. The lowest BCUT2D eigenvalue weighted by molar-refractivity contribution is 0.118. The molecule has 0 bridgehead atoms. The molecular weight excluding hydrogens is 280 g/mol. The topological polar surface area (TPSA) is 77.5 Å². The average Bonchev–Trinajstić information content (AvgIpc) is 2.52. The molecule has 0 spiro atoms. The molecule has 0 atom stereocenters. The van der Waals surface area contributed by atoms with Crippen molar-refractivity contribution in [1.82, 2.24) is 10.3 Å². The van der Waals surface area contributed by atoms with Gasteiger partial charge in [-0.1, -0.05) is 0 Å². The summed E-state index contributed by atoms with van der Waals surface area (Å²) in [6, 6.07) is 3.72. The molecule has 6 nitrogen and oxygen atoms in total. The molecule has 1 fully saturated rings. The van der Waals surface area contributed by atoms with Gasteiger partial charge in [-0.2, -0.15) is 0 Å². The van der Waals surface area contributed by atoms with E-state index in [0.29, 0.717) is 5.69 Å². The zero-order chi connectivity index (χ0) is 15.9. The van der Waals surface area contributed by atoms with E-state index >= 15 is 0 Å². The second-order valence-electron chi connectivity index (χ2n) is 5.68. The first-order valence-corrected chi connectivity index (χ1v) is 8.09. The number of anilines is 2. The van der Waals surface area contributed by atoms with Gasteiger partial charge in [0.1, 0.15) is 5.82 Å². The van der Waals surface area contributed by atoms with E-state index in [0.717, 1.165) is 44.6 Å². The number of nitrogens with zero attached hydrogens (tertiary/aromatic N) is 2. The summed E-state index contributed by atoms with van der Waals surface area (Å²) in [6.45, 7) is 5.99. The molecule has 1 heterocycles. The van der Waals surface area contributed by atoms with Crippen LogP contribution in [0.5, 0.6) is 0 Å². The van der Waals surface area contributed by atoms with E-state index in [2.05, 4.69) is 34.4 Å². The van der Waals surface area contributed by atoms with Crippen molar-refractivity contribution in [2.24, 2.45) is 0 Å². The van der Waals surface area contributed by atoms with Crippen LogP contribution in [0, 0.1) is 0 Å². The Morgan fingerprint density at radius 2 is 1.95 bits per heavy atom. The predicted octanol–water partition coefficient (Wildman–Crippen LogP) is 2.35. The lowest BCUT2D eigenvalue weighted by Gasteiger charge is -2.26. The van der Waals surface area contributed by atoms with Crippen LogP contribution in [0.1, 0.15) is 39.5 Å². The van der Waals surface area contributed by atoms with Gasteiger partial charge in [0.05, 0.1) is 18.0 Å². The van der Waals surface area contributed by atoms with Crippen LogP contribution in [-0.4, -0.2) is 41.4 Å². The van der Waals surface area contributed by atoms with Crippen LogP contribution >= 0.6 is 0 Å². The number of carbonyl (C=O) groups excluding carboxylic acids is 1. The highest BCUT2D eigenvalue weighted by Crippen LogP contribution is 2.18. The lowest BCUT2D eigenvalue weighted by Crippen LogP contribution is -2.40. The standard InChI is InChI=1S/C16H26N4O2/c1-3-20(4-2)15-10-7-13(11-17-15)19-16(22)18-12-5-8-14(21)9-6-12/h7,10-12,14,21H,3-6,8-9H2,1-2H3,(H2,18,19,22). The number of rotatable bonds is 5. The first-order valence-electron chi connectivity index (χ1n) is 8.09. The molecule has 0 saturated heterocycles. The van der Waals surface area contributed by atoms with Crippen molar-refractivity contribution in [3.8, 4) is 0 Å². The molecule has 0 aromatic carbocycles. The largest absolute Gasteiger partial charge is 0.393 e. The molecule has 1 aliphatic rings. The Labute approximate surface area is 131 Å². The molecule has 0 aliphatic heterocycles. The maximum atomic E-state index is 12.0. The van der Waals surface area contributed by atoms with E-state index in [-0.39, 0.29) is 18.2 Å². The molecule has 122 valence electrons. The number of amides is 2. The fourth-order valence-corrected chi connectivity index (χ4v) is 2.77. The molecule has 22 heavy (non-hydrogen) atoms. The number of urea groups is 1. The molecule has 1 aromatic heterocycles. The van der Waals surface area contributed by atoms with Crippen LogP contribution in [-0.2, 0) is 0 Å². The summed E-state index contributed by atoms with van der Waals surface area (Å²) in [4.78, 5) is 18.5. The number of hydrogen-bond donors (Lipinski definition) is 3. The minimum Gasteiger partial charge on any atom is -0.393 e. The van der Waals surface area contributed by atoms with E-state index < -0.39 is 0 Å². The number of aliphatic hydroxyl groups excluding tert-OH is 1. The van der Waals surface area contributed by atoms with Crippen LogP contribution in [0.4, 0.5) is 16.3 Å². The van der Waals surface area contributed by atoms with E-state index in [1.165, 1.54) is 0 Å². The number of nitrogens with one attached hydrogen (secondary N) is 2. The van der Waals surface area contributed by atoms with Crippen LogP contribution < -0.4 is 15.5 Å². The number of aromatic nitrogens is 1. The minimum atomic E-state index is -0.210. The third kappa shape index (κ3) is 4.59. The predicted molar refractivity (Wildman–Crippen MR) is 88.2 cm³/mol. The molecule has 0 unspecified atom stereocenters. The number of carbonyl (C=O) groups is 1. The van der Waals surface area contributed by atoms with E-state index in [4.69, 9.17) is 0 Å². The monoisotopic (exact) mass is 306 g/mol. The van der Waals surface area contributed by atoms with Crippen LogP contribution in [0.2, 0.25) is 0 Å². The summed E-state index contributed by atoms with van der Waals surface area (Å²) < 4.78 is 0. The zero-order valence-corrected chi connectivity index (χ0v) is 13.4. The molecule has 1 aromatic rings. The number of pyridine rings is 1. The molecule has 2 amide bonds. The smallest absolute Gasteiger partial charge is 0.319 e. The number of aliphatic hydroxyl groups is 1. The molecule has 1 aliphatic carbocycles. The third-order valence-electron chi connectivity index (χ3n) is 4.13. The molecule has 2 rings (SSSR count). The van der Waals surface area contributed by atoms with Crippen molar-refractivity contribution in [2.75, 3.05) is 23.3 Å². The van der Waals surface area contributed by atoms with Gasteiger partial charge in [0, 0.05) is 19.1 Å². The van der Waals surface area contributed by atoms with Gasteiger partial charge in [-0.3, -0.25) is 0 Å². The second-order valence-corrected chi connectivity index (χ2v) is 5.68. The van der Waals surface area contributed by atoms with Gasteiger partial charge in [-0.15, -0.1) is 0 Å². The molecular formula is C16H26N4O2. The minimum absolute atomic E-state index is 0.145. The zero-order valence-electron chi connectivity index (χ0n) is 13.4. The summed E-state index contributed by atoms with van der Waals surface area (Å²) in [5.41, 5.74) is 0.684. The lowest BCUT2D eigenvalue weighted by atomic mass is 9.93. The Morgan fingerprint density at radius 3 is 2.50 bits per heavy atom. The van der Waals surface area contributed by atoms with Gasteiger partial charge in [-0.25, -0.2) is 9.78 Å². The molecule has 3 N–H and O–H groups in total. The van der Waals surface area contributed by atoms with Gasteiger partial charge in [0.2, 0.25) is 0 Å². The number of hydrogen-bond acceptors (Lipinski definition) is 4. The molecule has 6 heteroatoms. The second kappa shape index (κ2) is 7.98. The van der Waals surface area contributed by atoms with Crippen LogP contribution in [0.3, 0.4) is 0 Å².